The standard InChI is InChI=1S/C17H26O5/c1-10-7-21-12-6-15(2)16-3-4-20-14(16)22-17(15,13(10)12)9-19-8-11(18)5-16/h10-14,18H,3-9H2,1-2H3/t10-,11-,12?,13?,14?,15?,16?,17?/m1/s1. The van der Waals surface area contributed by atoms with Crippen LogP contribution in [-0.4, -0.2) is 55.6 Å². The van der Waals surface area contributed by atoms with E-state index in [9.17, 15) is 5.11 Å². The van der Waals surface area contributed by atoms with E-state index < -0.39 is 6.10 Å². The van der Waals surface area contributed by atoms with E-state index in [1.54, 1.807) is 0 Å². The van der Waals surface area contributed by atoms with E-state index in [1.165, 1.54) is 0 Å². The molecule has 0 aromatic heterocycles. The lowest BCUT2D eigenvalue weighted by atomic mass is 9.55. The molecule has 0 aromatic rings. The van der Waals surface area contributed by atoms with Gasteiger partial charge in [0.2, 0.25) is 0 Å². The molecule has 5 heteroatoms. The third-order valence-electron chi connectivity index (χ3n) is 7.58. The third-order valence-corrected chi connectivity index (χ3v) is 7.58. The van der Waals surface area contributed by atoms with Crippen molar-refractivity contribution >= 4 is 0 Å². The highest BCUT2D eigenvalue weighted by Gasteiger charge is 2.80. The van der Waals surface area contributed by atoms with Gasteiger partial charge in [-0.05, 0) is 25.2 Å². The highest BCUT2D eigenvalue weighted by atomic mass is 16.7. The Morgan fingerprint density at radius 1 is 1.14 bits per heavy atom. The molecule has 5 aliphatic rings. The Morgan fingerprint density at radius 2 is 2.00 bits per heavy atom. The van der Waals surface area contributed by atoms with Crippen LogP contribution in [0.3, 0.4) is 0 Å². The smallest absolute Gasteiger partial charge is 0.164 e. The molecule has 1 N–H and O–H groups in total. The zero-order valence-electron chi connectivity index (χ0n) is 13.4. The largest absolute Gasteiger partial charge is 0.391 e. The van der Waals surface area contributed by atoms with Crippen LogP contribution in [0.25, 0.3) is 0 Å². The van der Waals surface area contributed by atoms with E-state index in [1.807, 2.05) is 0 Å². The first-order chi connectivity index (χ1) is 10.5. The summed E-state index contributed by atoms with van der Waals surface area (Å²) in [6, 6.07) is 0. The van der Waals surface area contributed by atoms with Crippen molar-refractivity contribution in [3.05, 3.63) is 0 Å². The van der Waals surface area contributed by atoms with Gasteiger partial charge in [0, 0.05) is 23.4 Å². The molecule has 8 atom stereocenters. The van der Waals surface area contributed by atoms with Crippen molar-refractivity contribution in [2.75, 3.05) is 26.4 Å². The quantitative estimate of drug-likeness (QED) is 0.731. The normalized spacial score (nSPS) is 63.1. The SMILES string of the molecule is C[C@@H]1COC2CC3(C)C45CCOC4OC3(COC[C@H](O)C5)C21. The second-order valence-corrected chi connectivity index (χ2v) is 8.40. The van der Waals surface area contributed by atoms with Crippen LogP contribution in [-0.2, 0) is 18.9 Å². The maximum atomic E-state index is 10.4. The van der Waals surface area contributed by atoms with Crippen LogP contribution in [0.2, 0.25) is 0 Å². The van der Waals surface area contributed by atoms with E-state index in [0.29, 0.717) is 31.5 Å². The van der Waals surface area contributed by atoms with Crippen molar-refractivity contribution in [1.29, 1.82) is 0 Å². The Labute approximate surface area is 131 Å². The van der Waals surface area contributed by atoms with E-state index in [-0.39, 0.29) is 28.8 Å². The molecular formula is C17H26O5. The van der Waals surface area contributed by atoms with Crippen molar-refractivity contribution < 1.29 is 24.1 Å². The molecular weight excluding hydrogens is 284 g/mol. The molecule has 5 rings (SSSR count). The molecule has 124 valence electrons. The Kier molecular flexibility index (Phi) is 2.74. The molecule has 1 aliphatic carbocycles. The third kappa shape index (κ3) is 1.36. The van der Waals surface area contributed by atoms with Gasteiger partial charge in [-0.3, -0.25) is 0 Å². The van der Waals surface area contributed by atoms with Crippen molar-refractivity contribution in [2.24, 2.45) is 22.7 Å². The van der Waals surface area contributed by atoms with Crippen LogP contribution < -0.4 is 0 Å². The molecule has 0 amide bonds. The highest BCUT2D eigenvalue weighted by molar-refractivity contribution is 5.25. The molecule has 0 aromatic carbocycles. The molecule has 2 bridgehead atoms. The van der Waals surface area contributed by atoms with E-state index >= 15 is 0 Å². The van der Waals surface area contributed by atoms with Crippen molar-refractivity contribution in [3.8, 4) is 0 Å². The lowest BCUT2D eigenvalue weighted by molar-refractivity contribution is -0.206. The molecule has 5 fully saturated rings. The summed E-state index contributed by atoms with van der Waals surface area (Å²) >= 11 is 0. The van der Waals surface area contributed by atoms with Gasteiger partial charge in [0.25, 0.3) is 0 Å². The van der Waals surface area contributed by atoms with E-state index in [4.69, 9.17) is 18.9 Å². The van der Waals surface area contributed by atoms with Crippen molar-refractivity contribution in [2.45, 2.75) is 57.2 Å². The van der Waals surface area contributed by atoms with Crippen LogP contribution >= 0.6 is 0 Å². The Hall–Kier alpha value is -0.200. The number of ether oxygens (including phenoxy) is 4. The van der Waals surface area contributed by atoms with Gasteiger partial charge < -0.3 is 24.1 Å². The maximum Gasteiger partial charge on any atom is 0.164 e. The number of aliphatic hydroxyl groups excluding tert-OH is 1. The predicted molar refractivity (Wildman–Crippen MR) is 77.2 cm³/mol. The van der Waals surface area contributed by atoms with Gasteiger partial charge in [-0.15, -0.1) is 0 Å². The Balaban J connectivity index is 1.68. The lowest BCUT2D eigenvalue weighted by Gasteiger charge is -2.49. The summed E-state index contributed by atoms with van der Waals surface area (Å²) in [4.78, 5) is 0. The number of hydrogen-bond acceptors (Lipinski definition) is 5. The predicted octanol–water partition coefficient (Wildman–Crippen LogP) is 1.33. The minimum Gasteiger partial charge on any atom is -0.391 e. The van der Waals surface area contributed by atoms with Gasteiger partial charge in [0.05, 0.1) is 32.0 Å². The van der Waals surface area contributed by atoms with Crippen LogP contribution in [0.4, 0.5) is 0 Å². The average Bonchev–Trinajstić information content (AvgIpc) is 3.11. The van der Waals surface area contributed by atoms with Gasteiger partial charge in [0.1, 0.15) is 5.60 Å². The molecule has 6 unspecified atom stereocenters. The molecule has 1 saturated carbocycles. The summed E-state index contributed by atoms with van der Waals surface area (Å²) in [6.07, 6.45) is 2.32. The second-order valence-electron chi connectivity index (χ2n) is 8.40. The average molecular weight is 310 g/mol. The Morgan fingerprint density at radius 3 is 2.86 bits per heavy atom. The molecule has 4 saturated heterocycles. The maximum absolute atomic E-state index is 10.4. The first kappa shape index (κ1) is 14.2. The molecule has 5 nitrogen and oxygen atoms in total. The van der Waals surface area contributed by atoms with E-state index in [0.717, 1.165) is 26.1 Å². The summed E-state index contributed by atoms with van der Waals surface area (Å²) in [7, 11) is 0. The van der Waals surface area contributed by atoms with Crippen molar-refractivity contribution in [1.82, 2.24) is 0 Å². The van der Waals surface area contributed by atoms with Crippen LogP contribution in [0.15, 0.2) is 0 Å². The second kappa shape index (κ2) is 4.25. The highest BCUT2D eigenvalue weighted by Crippen LogP contribution is 2.74. The summed E-state index contributed by atoms with van der Waals surface area (Å²) in [5, 5.41) is 10.4. The Bertz CT molecular complexity index is 497. The topological polar surface area (TPSA) is 57.2 Å². The number of hydrogen-bond donors (Lipinski definition) is 1. The number of rotatable bonds is 0. The van der Waals surface area contributed by atoms with Gasteiger partial charge in [0.15, 0.2) is 6.29 Å². The first-order valence-electron chi connectivity index (χ1n) is 8.69. The zero-order valence-corrected chi connectivity index (χ0v) is 13.4. The van der Waals surface area contributed by atoms with Gasteiger partial charge >= 0.3 is 0 Å². The molecule has 4 aliphatic heterocycles. The molecule has 4 heterocycles. The minimum atomic E-state index is -0.431. The van der Waals surface area contributed by atoms with Gasteiger partial charge in [-0.25, -0.2) is 0 Å². The fraction of sp³-hybridized carbons (Fsp3) is 1.00. The fourth-order valence-corrected chi connectivity index (χ4v) is 6.61. The summed E-state index contributed by atoms with van der Waals surface area (Å²) in [5.41, 5.74) is -0.463. The van der Waals surface area contributed by atoms with Crippen LogP contribution in [0.1, 0.15) is 33.1 Å². The van der Waals surface area contributed by atoms with E-state index in [2.05, 4.69) is 13.8 Å². The molecule has 0 radical (unpaired) electrons. The minimum absolute atomic E-state index is 0.0490. The fourth-order valence-electron chi connectivity index (χ4n) is 6.61. The van der Waals surface area contributed by atoms with Crippen LogP contribution in [0.5, 0.6) is 0 Å². The lowest BCUT2D eigenvalue weighted by Crippen LogP contribution is -2.56. The number of aliphatic hydroxyl groups is 1. The monoisotopic (exact) mass is 310 g/mol. The molecule has 1 spiro atoms. The summed E-state index contributed by atoms with van der Waals surface area (Å²) in [6.45, 7) is 7.12. The zero-order chi connectivity index (χ0) is 15.2. The first-order valence-corrected chi connectivity index (χ1v) is 8.69. The summed E-state index contributed by atoms with van der Waals surface area (Å²) in [5.74, 6) is 0.856. The summed E-state index contributed by atoms with van der Waals surface area (Å²) < 4.78 is 24.7. The van der Waals surface area contributed by atoms with Crippen molar-refractivity contribution in [3.63, 3.8) is 0 Å². The molecule has 22 heavy (non-hydrogen) atoms. The van der Waals surface area contributed by atoms with Crippen LogP contribution in [0, 0.1) is 22.7 Å². The van der Waals surface area contributed by atoms with Gasteiger partial charge in [-0.2, -0.15) is 0 Å². The number of fused-ring (bicyclic) bond motifs is 1. The van der Waals surface area contributed by atoms with Gasteiger partial charge in [-0.1, -0.05) is 13.8 Å².